The van der Waals surface area contributed by atoms with Crippen molar-refractivity contribution in [1.29, 1.82) is 0 Å². The van der Waals surface area contributed by atoms with Crippen LogP contribution in [0.2, 0.25) is 5.02 Å². The summed E-state index contributed by atoms with van der Waals surface area (Å²) in [5, 5.41) is 2.71. The molecular weight excluding hydrogens is 277 g/mol. The van der Waals surface area contributed by atoms with Crippen LogP contribution in [-0.4, -0.2) is 18.1 Å². The molecule has 0 atom stereocenters. The first-order chi connectivity index (χ1) is 8.60. The van der Waals surface area contributed by atoms with Crippen molar-refractivity contribution in [3.8, 4) is 11.3 Å². The van der Waals surface area contributed by atoms with Crippen LogP contribution in [0.15, 0.2) is 23.6 Å². The SMILES string of the molecule is COC(=O)Cc1nc(-c2ccc(F)cc2Cl)cs1. The van der Waals surface area contributed by atoms with Gasteiger partial charge in [0, 0.05) is 10.9 Å². The van der Waals surface area contributed by atoms with E-state index in [4.69, 9.17) is 11.6 Å². The summed E-state index contributed by atoms with van der Waals surface area (Å²) in [5.41, 5.74) is 1.27. The maximum atomic E-state index is 12.9. The van der Waals surface area contributed by atoms with Crippen molar-refractivity contribution < 1.29 is 13.9 Å². The van der Waals surface area contributed by atoms with Crippen molar-refractivity contribution in [3.63, 3.8) is 0 Å². The van der Waals surface area contributed by atoms with Gasteiger partial charge in [-0.1, -0.05) is 11.6 Å². The van der Waals surface area contributed by atoms with Gasteiger partial charge in [-0.25, -0.2) is 9.37 Å². The summed E-state index contributed by atoms with van der Waals surface area (Å²) in [6.07, 6.45) is 0.125. The summed E-state index contributed by atoms with van der Waals surface area (Å²) < 4.78 is 17.5. The Morgan fingerprint density at radius 3 is 3.00 bits per heavy atom. The molecule has 2 rings (SSSR count). The van der Waals surface area contributed by atoms with Crippen LogP contribution in [0.5, 0.6) is 0 Å². The number of halogens is 2. The molecule has 0 bridgehead atoms. The number of aromatic nitrogens is 1. The molecule has 18 heavy (non-hydrogen) atoms. The van der Waals surface area contributed by atoms with Crippen LogP contribution in [0.25, 0.3) is 11.3 Å². The molecule has 1 aromatic carbocycles. The maximum Gasteiger partial charge on any atom is 0.312 e. The molecule has 0 N–H and O–H groups in total. The molecule has 0 spiro atoms. The third kappa shape index (κ3) is 2.86. The quantitative estimate of drug-likeness (QED) is 0.812. The van der Waals surface area contributed by atoms with Gasteiger partial charge in [0.15, 0.2) is 0 Å². The lowest BCUT2D eigenvalue weighted by Crippen LogP contribution is -2.03. The van der Waals surface area contributed by atoms with Crippen LogP contribution in [0.1, 0.15) is 5.01 Å². The number of ether oxygens (including phenoxy) is 1. The van der Waals surface area contributed by atoms with E-state index >= 15 is 0 Å². The number of benzene rings is 1. The van der Waals surface area contributed by atoms with Gasteiger partial charge in [-0.05, 0) is 18.2 Å². The lowest BCUT2D eigenvalue weighted by atomic mass is 10.2. The van der Waals surface area contributed by atoms with Gasteiger partial charge >= 0.3 is 5.97 Å². The summed E-state index contributed by atoms with van der Waals surface area (Å²) in [6.45, 7) is 0. The predicted molar refractivity (Wildman–Crippen MR) is 68.2 cm³/mol. The highest BCUT2D eigenvalue weighted by Gasteiger charge is 2.11. The minimum absolute atomic E-state index is 0.125. The molecule has 0 saturated heterocycles. The van der Waals surface area contributed by atoms with Crippen LogP contribution in [0.3, 0.4) is 0 Å². The average molecular weight is 286 g/mol. The molecule has 94 valence electrons. The van der Waals surface area contributed by atoms with E-state index in [1.54, 1.807) is 11.4 Å². The second kappa shape index (κ2) is 5.46. The van der Waals surface area contributed by atoms with Gasteiger partial charge < -0.3 is 4.74 Å². The third-order valence-corrected chi connectivity index (χ3v) is 3.44. The van der Waals surface area contributed by atoms with Gasteiger partial charge in [-0.3, -0.25) is 4.79 Å². The standard InChI is InChI=1S/C12H9ClFNO2S/c1-17-12(16)5-11-15-10(6-18-11)8-3-2-7(14)4-9(8)13/h2-4,6H,5H2,1H3. The number of nitrogens with zero attached hydrogens (tertiary/aromatic N) is 1. The second-order valence-electron chi connectivity index (χ2n) is 3.50. The summed E-state index contributed by atoms with van der Waals surface area (Å²) in [6, 6.07) is 4.12. The highest BCUT2D eigenvalue weighted by molar-refractivity contribution is 7.10. The molecule has 0 fully saturated rings. The Labute approximate surface area is 112 Å². The fourth-order valence-electron chi connectivity index (χ4n) is 1.41. The highest BCUT2D eigenvalue weighted by Crippen LogP contribution is 2.29. The summed E-state index contributed by atoms with van der Waals surface area (Å²) in [5.74, 6) is -0.741. The minimum Gasteiger partial charge on any atom is -0.469 e. The Kier molecular flexibility index (Phi) is 3.93. The lowest BCUT2D eigenvalue weighted by molar-refractivity contribution is -0.139. The number of hydrogen-bond acceptors (Lipinski definition) is 4. The van der Waals surface area contributed by atoms with Gasteiger partial charge in [-0.2, -0.15) is 0 Å². The maximum absolute atomic E-state index is 12.9. The molecule has 6 heteroatoms. The second-order valence-corrected chi connectivity index (χ2v) is 4.85. The molecule has 0 amide bonds. The molecule has 0 saturated carbocycles. The Balaban J connectivity index is 2.26. The van der Waals surface area contributed by atoms with Crippen LogP contribution < -0.4 is 0 Å². The van der Waals surface area contributed by atoms with Crippen molar-refractivity contribution in [3.05, 3.63) is 39.4 Å². The molecule has 2 aromatic rings. The highest BCUT2D eigenvalue weighted by atomic mass is 35.5. The number of esters is 1. The Hall–Kier alpha value is -1.46. The molecule has 1 aromatic heterocycles. The van der Waals surface area contributed by atoms with Crippen molar-refractivity contribution >= 4 is 28.9 Å². The zero-order chi connectivity index (χ0) is 13.1. The van der Waals surface area contributed by atoms with Crippen molar-refractivity contribution in [2.45, 2.75) is 6.42 Å². The zero-order valence-electron chi connectivity index (χ0n) is 9.44. The van der Waals surface area contributed by atoms with Gasteiger partial charge in [-0.15, -0.1) is 11.3 Å². The van der Waals surface area contributed by atoms with Crippen molar-refractivity contribution in [1.82, 2.24) is 4.98 Å². The number of carbonyl (C=O) groups excluding carboxylic acids is 1. The molecule has 3 nitrogen and oxygen atoms in total. The molecule has 1 heterocycles. The first-order valence-corrected chi connectivity index (χ1v) is 6.32. The fraction of sp³-hybridized carbons (Fsp3) is 0.167. The fourth-order valence-corrected chi connectivity index (χ4v) is 2.45. The van der Waals surface area contributed by atoms with Gasteiger partial charge in [0.25, 0.3) is 0 Å². The summed E-state index contributed by atoms with van der Waals surface area (Å²) in [4.78, 5) is 15.4. The largest absolute Gasteiger partial charge is 0.469 e. The average Bonchev–Trinajstić information content (AvgIpc) is 2.77. The van der Waals surface area contributed by atoms with Gasteiger partial charge in [0.05, 0.1) is 24.2 Å². The first-order valence-electron chi connectivity index (χ1n) is 5.07. The topological polar surface area (TPSA) is 39.2 Å². The number of carbonyl (C=O) groups is 1. The number of hydrogen-bond donors (Lipinski definition) is 0. The minimum atomic E-state index is -0.395. The van der Waals surface area contributed by atoms with E-state index in [9.17, 15) is 9.18 Å². The number of rotatable bonds is 3. The van der Waals surface area contributed by atoms with Crippen molar-refractivity contribution in [2.24, 2.45) is 0 Å². The van der Waals surface area contributed by atoms with Crippen LogP contribution >= 0.6 is 22.9 Å². The Bertz CT molecular complexity index is 585. The van der Waals surface area contributed by atoms with E-state index in [1.165, 1.54) is 30.6 Å². The summed E-state index contributed by atoms with van der Waals surface area (Å²) >= 11 is 7.28. The van der Waals surface area contributed by atoms with Crippen LogP contribution in [0.4, 0.5) is 4.39 Å². The van der Waals surface area contributed by atoms with Gasteiger partial charge in [0.1, 0.15) is 10.8 Å². The van der Waals surface area contributed by atoms with E-state index in [2.05, 4.69) is 9.72 Å². The first kappa shape index (κ1) is 13.0. The molecule has 0 aliphatic rings. The molecule has 0 aliphatic heterocycles. The van der Waals surface area contributed by atoms with Crippen LogP contribution in [-0.2, 0) is 16.0 Å². The molecule has 0 unspecified atom stereocenters. The Morgan fingerprint density at radius 2 is 2.33 bits per heavy atom. The number of thiazole rings is 1. The number of methoxy groups -OCH3 is 1. The van der Waals surface area contributed by atoms with Crippen LogP contribution in [0, 0.1) is 5.82 Å². The Morgan fingerprint density at radius 1 is 1.56 bits per heavy atom. The molecule has 0 aliphatic carbocycles. The van der Waals surface area contributed by atoms with Gasteiger partial charge in [0.2, 0.25) is 0 Å². The molecule has 0 radical (unpaired) electrons. The monoisotopic (exact) mass is 285 g/mol. The smallest absolute Gasteiger partial charge is 0.312 e. The van der Waals surface area contributed by atoms with E-state index in [0.29, 0.717) is 21.3 Å². The van der Waals surface area contributed by atoms with E-state index in [-0.39, 0.29) is 12.4 Å². The summed E-state index contributed by atoms with van der Waals surface area (Å²) in [7, 11) is 1.33. The normalized spacial score (nSPS) is 10.4. The lowest BCUT2D eigenvalue weighted by Gasteiger charge is -2.00. The van der Waals surface area contributed by atoms with E-state index in [1.807, 2.05) is 0 Å². The van der Waals surface area contributed by atoms with Crippen molar-refractivity contribution in [2.75, 3.05) is 7.11 Å². The predicted octanol–water partition coefficient (Wildman–Crippen LogP) is 3.32. The van der Waals surface area contributed by atoms with E-state index < -0.39 is 5.82 Å². The van der Waals surface area contributed by atoms with E-state index in [0.717, 1.165) is 0 Å². The zero-order valence-corrected chi connectivity index (χ0v) is 11.0. The molecular formula is C12H9ClFNO2S. The third-order valence-electron chi connectivity index (χ3n) is 2.28.